The first kappa shape index (κ1) is 17.0. The van der Waals surface area contributed by atoms with Crippen LogP contribution >= 0.6 is 0 Å². The molecule has 0 unspecified atom stereocenters. The maximum absolute atomic E-state index is 12.1. The highest BCUT2D eigenvalue weighted by atomic mass is 16.4. The molecule has 1 aliphatic rings. The summed E-state index contributed by atoms with van der Waals surface area (Å²) in [5, 5.41) is 11.7. The van der Waals surface area contributed by atoms with Crippen LogP contribution in [0, 0.1) is 11.3 Å². The van der Waals surface area contributed by atoms with Crippen LogP contribution in [0.1, 0.15) is 72.6 Å². The fourth-order valence-corrected chi connectivity index (χ4v) is 2.84. The molecule has 1 amide bonds. The van der Waals surface area contributed by atoms with Crippen molar-refractivity contribution < 1.29 is 14.7 Å². The maximum atomic E-state index is 12.1. The van der Waals surface area contributed by atoms with Crippen molar-refractivity contribution in [2.75, 3.05) is 0 Å². The lowest BCUT2D eigenvalue weighted by Crippen LogP contribution is -2.44. The van der Waals surface area contributed by atoms with Crippen LogP contribution in [0.3, 0.4) is 0 Å². The minimum Gasteiger partial charge on any atom is -0.481 e. The van der Waals surface area contributed by atoms with E-state index in [0.29, 0.717) is 24.2 Å². The standard InChI is InChI=1S/C16H29NO3/c1-15(2)8-5-12(6-9-15)11-13(18)17-16(3,4)10-7-14(19)20/h12H,5-11H2,1-4H3,(H,17,18)(H,19,20). The van der Waals surface area contributed by atoms with Gasteiger partial charge in [-0.2, -0.15) is 0 Å². The van der Waals surface area contributed by atoms with Gasteiger partial charge in [0.25, 0.3) is 0 Å². The molecule has 0 bridgehead atoms. The van der Waals surface area contributed by atoms with Gasteiger partial charge in [-0.05, 0) is 57.3 Å². The zero-order valence-electron chi connectivity index (χ0n) is 13.3. The quantitative estimate of drug-likeness (QED) is 0.785. The summed E-state index contributed by atoms with van der Waals surface area (Å²) in [7, 11) is 0. The molecule has 0 aromatic rings. The Bertz CT molecular complexity index is 351. The van der Waals surface area contributed by atoms with Crippen molar-refractivity contribution in [3.8, 4) is 0 Å². The number of nitrogens with one attached hydrogen (secondary N) is 1. The van der Waals surface area contributed by atoms with Gasteiger partial charge in [0.1, 0.15) is 0 Å². The minimum absolute atomic E-state index is 0.0603. The highest BCUT2D eigenvalue weighted by molar-refractivity contribution is 5.77. The second kappa shape index (κ2) is 6.59. The lowest BCUT2D eigenvalue weighted by atomic mass is 9.72. The number of amides is 1. The van der Waals surface area contributed by atoms with Crippen LogP contribution < -0.4 is 5.32 Å². The van der Waals surface area contributed by atoms with E-state index in [9.17, 15) is 9.59 Å². The SMILES string of the molecule is CC1(C)CCC(CC(=O)NC(C)(C)CCC(=O)O)CC1. The molecule has 0 saturated heterocycles. The predicted molar refractivity (Wildman–Crippen MR) is 79.4 cm³/mol. The molecule has 2 N–H and O–H groups in total. The van der Waals surface area contributed by atoms with Crippen LogP contribution in [0.2, 0.25) is 0 Å². The van der Waals surface area contributed by atoms with E-state index >= 15 is 0 Å². The van der Waals surface area contributed by atoms with Crippen LogP contribution in [0.15, 0.2) is 0 Å². The van der Waals surface area contributed by atoms with Crippen LogP contribution in [-0.2, 0) is 9.59 Å². The average Bonchev–Trinajstić information content (AvgIpc) is 2.29. The predicted octanol–water partition coefficient (Wildman–Crippen LogP) is 3.35. The molecule has 0 spiro atoms. The fourth-order valence-electron chi connectivity index (χ4n) is 2.84. The molecular formula is C16H29NO3. The van der Waals surface area contributed by atoms with Gasteiger partial charge in [0.2, 0.25) is 5.91 Å². The van der Waals surface area contributed by atoms with E-state index in [4.69, 9.17) is 5.11 Å². The molecule has 1 aliphatic carbocycles. The molecule has 0 radical (unpaired) electrons. The molecule has 0 aromatic heterocycles. The summed E-state index contributed by atoms with van der Waals surface area (Å²) in [5.74, 6) is -0.273. The summed E-state index contributed by atoms with van der Waals surface area (Å²) in [4.78, 5) is 22.7. The van der Waals surface area contributed by atoms with Gasteiger partial charge in [-0.3, -0.25) is 9.59 Å². The number of hydrogen-bond donors (Lipinski definition) is 2. The third kappa shape index (κ3) is 6.40. The summed E-state index contributed by atoms with van der Waals surface area (Å²) in [6.45, 7) is 8.35. The zero-order valence-corrected chi connectivity index (χ0v) is 13.3. The van der Waals surface area contributed by atoms with Gasteiger partial charge < -0.3 is 10.4 Å². The Morgan fingerprint density at radius 2 is 1.80 bits per heavy atom. The average molecular weight is 283 g/mol. The Labute approximate surface area is 122 Å². The highest BCUT2D eigenvalue weighted by Crippen LogP contribution is 2.39. The van der Waals surface area contributed by atoms with Gasteiger partial charge in [-0.1, -0.05) is 13.8 Å². The van der Waals surface area contributed by atoms with Crippen LogP contribution in [0.4, 0.5) is 0 Å². The number of hydrogen-bond acceptors (Lipinski definition) is 2. The van der Waals surface area contributed by atoms with E-state index in [1.165, 1.54) is 12.8 Å². The van der Waals surface area contributed by atoms with Crippen molar-refractivity contribution in [2.24, 2.45) is 11.3 Å². The highest BCUT2D eigenvalue weighted by Gasteiger charge is 2.29. The van der Waals surface area contributed by atoms with Crippen LogP contribution in [0.5, 0.6) is 0 Å². The molecule has 116 valence electrons. The first-order valence-corrected chi connectivity index (χ1v) is 7.62. The third-order valence-electron chi connectivity index (χ3n) is 4.37. The summed E-state index contributed by atoms with van der Waals surface area (Å²) >= 11 is 0. The zero-order chi connectivity index (χ0) is 15.4. The molecule has 1 fully saturated rings. The van der Waals surface area contributed by atoms with Gasteiger partial charge >= 0.3 is 5.97 Å². The Balaban J connectivity index is 2.34. The Kier molecular flexibility index (Phi) is 5.60. The van der Waals surface area contributed by atoms with E-state index < -0.39 is 11.5 Å². The molecule has 4 heteroatoms. The number of aliphatic carboxylic acids is 1. The molecule has 0 aliphatic heterocycles. The smallest absolute Gasteiger partial charge is 0.303 e. The van der Waals surface area contributed by atoms with Gasteiger partial charge in [0.15, 0.2) is 0 Å². The largest absolute Gasteiger partial charge is 0.481 e. The first-order chi connectivity index (χ1) is 9.10. The van der Waals surface area contributed by atoms with Crippen molar-refractivity contribution in [3.63, 3.8) is 0 Å². The second-order valence-corrected chi connectivity index (χ2v) is 7.64. The van der Waals surface area contributed by atoms with Gasteiger partial charge in [-0.15, -0.1) is 0 Å². The van der Waals surface area contributed by atoms with Crippen LogP contribution in [-0.4, -0.2) is 22.5 Å². The van der Waals surface area contributed by atoms with E-state index in [0.717, 1.165) is 12.8 Å². The van der Waals surface area contributed by atoms with Crippen LogP contribution in [0.25, 0.3) is 0 Å². The number of carboxylic acid groups (broad SMARTS) is 1. The summed E-state index contributed by atoms with van der Waals surface area (Å²) in [6, 6.07) is 0. The van der Waals surface area contributed by atoms with E-state index in [1.54, 1.807) is 0 Å². The molecule has 1 saturated carbocycles. The summed E-state index contributed by atoms with van der Waals surface area (Å²) in [6.07, 6.45) is 5.75. The molecule has 20 heavy (non-hydrogen) atoms. The fraction of sp³-hybridized carbons (Fsp3) is 0.875. The Morgan fingerprint density at radius 1 is 1.25 bits per heavy atom. The first-order valence-electron chi connectivity index (χ1n) is 7.62. The van der Waals surface area contributed by atoms with E-state index in [-0.39, 0.29) is 12.3 Å². The molecule has 0 heterocycles. The topological polar surface area (TPSA) is 66.4 Å². The minimum atomic E-state index is -0.818. The monoisotopic (exact) mass is 283 g/mol. The van der Waals surface area contributed by atoms with E-state index in [2.05, 4.69) is 19.2 Å². The number of carbonyl (C=O) groups excluding carboxylic acids is 1. The molecular weight excluding hydrogens is 254 g/mol. The Hall–Kier alpha value is -1.06. The molecule has 1 rings (SSSR count). The van der Waals surface area contributed by atoms with Crippen molar-refractivity contribution in [1.29, 1.82) is 0 Å². The van der Waals surface area contributed by atoms with Gasteiger partial charge in [0.05, 0.1) is 0 Å². The molecule has 0 aromatic carbocycles. The third-order valence-corrected chi connectivity index (χ3v) is 4.37. The molecule has 0 atom stereocenters. The maximum Gasteiger partial charge on any atom is 0.303 e. The normalized spacial score (nSPS) is 19.6. The summed E-state index contributed by atoms with van der Waals surface area (Å²) < 4.78 is 0. The second-order valence-electron chi connectivity index (χ2n) is 7.64. The lowest BCUT2D eigenvalue weighted by Gasteiger charge is -2.34. The number of carboxylic acids is 1. The van der Waals surface area contributed by atoms with Crippen molar-refractivity contribution >= 4 is 11.9 Å². The number of rotatable bonds is 6. The van der Waals surface area contributed by atoms with Gasteiger partial charge in [0, 0.05) is 18.4 Å². The molecule has 4 nitrogen and oxygen atoms in total. The van der Waals surface area contributed by atoms with E-state index in [1.807, 2.05) is 13.8 Å². The van der Waals surface area contributed by atoms with Crippen molar-refractivity contribution in [3.05, 3.63) is 0 Å². The van der Waals surface area contributed by atoms with Gasteiger partial charge in [-0.25, -0.2) is 0 Å². The number of carbonyl (C=O) groups is 2. The summed E-state index contributed by atoms with van der Waals surface area (Å²) in [5.41, 5.74) is -0.0167. The lowest BCUT2D eigenvalue weighted by molar-refractivity contribution is -0.138. The Morgan fingerprint density at radius 3 is 2.30 bits per heavy atom. The van der Waals surface area contributed by atoms with Crippen molar-refractivity contribution in [2.45, 2.75) is 78.2 Å². The van der Waals surface area contributed by atoms with Crippen molar-refractivity contribution in [1.82, 2.24) is 5.32 Å².